The maximum atomic E-state index is 11.9. The third kappa shape index (κ3) is 4.43. The summed E-state index contributed by atoms with van der Waals surface area (Å²) in [4.78, 5) is 25.4. The van der Waals surface area contributed by atoms with Crippen LogP contribution in [0.3, 0.4) is 0 Å². The van der Waals surface area contributed by atoms with Gasteiger partial charge in [0.15, 0.2) is 0 Å². The largest absolute Gasteiger partial charge is 0.468 e. The van der Waals surface area contributed by atoms with Crippen molar-refractivity contribution in [2.45, 2.75) is 20.4 Å². The summed E-state index contributed by atoms with van der Waals surface area (Å²) in [6.45, 7) is 5.59. The molecule has 1 aromatic carbocycles. The third-order valence-electron chi connectivity index (χ3n) is 4.03. The zero-order valence-corrected chi connectivity index (χ0v) is 14.5. The Kier molecular flexibility index (Phi) is 6.11. The summed E-state index contributed by atoms with van der Waals surface area (Å²) >= 11 is 0. The Balaban J connectivity index is 2.39. The lowest BCUT2D eigenvalue weighted by Crippen LogP contribution is -2.33. The number of aryl methyl sites for hydroxylation is 2. The normalized spacial score (nSPS) is 11.2. The summed E-state index contributed by atoms with van der Waals surface area (Å²) in [5, 5.41) is 0.880. The van der Waals surface area contributed by atoms with E-state index in [0.717, 1.165) is 22.1 Å². The lowest BCUT2D eigenvalue weighted by molar-refractivity contribution is -0.142. The van der Waals surface area contributed by atoms with Gasteiger partial charge in [-0.05, 0) is 42.7 Å². The van der Waals surface area contributed by atoms with E-state index >= 15 is 0 Å². The Morgan fingerprint density at radius 1 is 1.17 bits per heavy atom. The Morgan fingerprint density at radius 3 is 2.54 bits per heavy atom. The molecule has 0 saturated carbocycles. The molecule has 2 rings (SSSR count). The molecule has 0 aliphatic carbocycles. The standard InChI is InChI=1S/C18H23NO5/c1-12-7-15-14(9-17(20)24-16(15)8-13(12)2)10-19(5-6-22-3)11-18(21)23-4/h7-9H,5-6,10-11H2,1-4H3. The summed E-state index contributed by atoms with van der Waals surface area (Å²) < 4.78 is 15.2. The highest BCUT2D eigenvalue weighted by molar-refractivity contribution is 5.82. The molecule has 130 valence electrons. The van der Waals surface area contributed by atoms with E-state index in [2.05, 4.69) is 0 Å². The molecule has 0 aliphatic heterocycles. The van der Waals surface area contributed by atoms with E-state index in [1.165, 1.54) is 13.2 Å². The van der Waals surface area contributed by atoms with Crippen LogP contribution < -0.4 is 5.63 Å². The van der Waals surface area contributed by atoms with Gasteiger partial charge in [-0.2, -0.15) is 0 Å². The predicted molar refractivity (Wildman–Crippen MR) is 91.1 cm³/mol. The van der Waals surface area contributed by atoms with Crippen LogP contribution in [-0.4, -0.2) is 44.8 Å². The number of rotatable bonds is 7. The van der Waals surface area contributed by atoms with Crippen molar-refractivity contribution in [1.82, 2.24) is 4.90 Å². The van der Waals surface area contributed by atoms with Crippen LogP contribution in [0.2, 0.25) is 0 Å². The number of nitrogens with zero attached hydrogens (tertiary/aromatic N) is 1. The zero-order valence-electron chi connectivity index (χ0n) is 14.5. The average Bonchev–Trinajstić information content (AvgIpc) is 2.54. The number of esters is 1. The Labute approximate surface area is 141 Å². The molecule has 0 radical (unpaired) electrons. The summed E-state index contributed by atoms with van der Waals surface area (Å²) in [6, 6.07) is 5.36. The molecule has 0 N–H and O–H groups in total. The fraction of sp³-hybridized carbons (Fsp3) is 0.444. The van der Waals surface area contributed by atoms with Gasteiger partial charge in [-0.25, -0.2) is 4.79 Å². The average molecular weight is 333 g/mol. The van der Waals surface area contributed by atoms with Crippen molar-refractivity contribution in [3.8, 4) is 0 Å². The first-order valence-electron chi connectivity index (χ1n) is 7.76. The quantitative estimate of drug-likeness (QED) is 0.570. The molecule has 0 bridgehead atoms. The highest BCUT2D eigenvalue weighted by Crippen LogP contribution is 2.22. The molecule has 0 fully saturated rings. The van der Waals surface area contributed by atoms with Gasteiger partial charge in [0.25, 0.3) is 0 Å². The molecule has 0 unspecified atom stereocenters. The van der Waals surface area contributed by atoms with E-state index in [9.17, 15) is 9.59 Å². The predicted octanol–water partition coefficient (Wildman–Crippen LogP) is 2.03. The van der Waals surface area contributed by atoms with Gasteiger partial charge in [0.2, 0.25) is 0 Å². The first-order chi connectivity index (χ1) is 11.4. The van der Waals surface area contributed by atoms with E-state index in [-0.39, 0.29) is 12.5 Å². The summed E-state index contributed by atoms with van der Waals surface area (Å²) in [5.74, 6) is -0.328. The molecule has 6 heteroatoms. The molecule has 1 heterocycles. The van der Waals surface area contributed by atoms with E-state index in [1.54, 1.807) is 7.11 Å². The van der Waals surface area contributed by atoms with Gasteiger partial charge >= 0.3 is 11.6 Å². The molecule has 24 heavy (non-hydrogen) atoms. The number of ether oxygens (including phenoxy) is 2. The maximum Gasteiger partial charge on any atom is 0.336 e. The monoisotopic (exact) mass is 333 g/mol. The second-order valence-corrected chi connectivity index (χ2v) is 5.80. The van der Waals surface area contributed by atoms with Crippen molar-refractivity contribution in [1.29, 1.82) is 0 Å². The molecule has 6 nitrogen and oxygen atoms in total. The van der Waals surface area contributed by atoms with E-state index in [4.69, 9.17) is 13.9 Å². The van der Waals surface area contributed by atoms with E-state index in [1.807, 2.05) is 30.9 Å². The molecule has 2 aromatic rings. The van der Waals surface area contributed by atoms with Gasteiger partial charge in [0, 0.05) is 31.7 Å². The topological polar surface area (TPSA) is 69.0 Å². The molecular formula is C18H23NO5. The number of hydrogen-bond donors (Lipinski definition) is 0. The van der Waals surface area contributed by atoms with Crippen LogP contribution in [-0.2, 0) is 20.8 Å². The first-order valence-corrected chi connectivity index (χ1v) is 7.76. The van der Waals surface area contributed by atoms with Crippen molar-refractivity contribution in [3.63, 3.8) is 0 Å². The lowest BCUT2D eigenvalue weighted by atomic mass is 10.0. The molecule has 0 aliphatic rings. The number of carbonyl (C=O) groups is 1. The van der Waals surface area contributed by atoms with E-state index in [0.29, 0.717) is 25.3 Å². The van der Waals surface area contributed by atoms with Gasteiger partial charge in [-0.3, -0.25) is 9.69 Å². The maximum absolute atomic E-state index is 11.9. The summed E-state index contributed by atoms with van der Waals surface area (Å²) in [7, 11) is 2.96. The van der Waals surface area contributed by atoms with Gasteiger partial charge < -0.3 is 13.9 Å². The van der Waals surface area contributed by atoms with Crippen LogP contribution in [0, 0.1) is 13.8 Å². The Morgan fingerprint density at radius 2 is 1.88 bits per heavy atom. The second kappa shape index (κ2) is 8.08. The van der Waals surface area contributed by atoms with Crippen molar-refractivity contribution in [2.24, 2.45) is 0 Å². The summed E-state index contributed by atoms with van der Waals surface area (Å²) in [5.41, 5.74) is 3.17. The second-order valence-electron chi connectivity index (χ2n) is 5.80. The molecule has 0 spiro atoms. The smallest absolute Gasteiger partial charge is 0.336 e. The number of fused-ring (bicyclic) bond motifs is 1. The van der Waals surface area contributed by atoms with Crippen LogP contribution in [0.1, 0.15) is 16.7 Å². The minimum Gasteiger partial charge on any atom is -0.468 e. The van der Waals surface area contributed by atoms with Crippen LogP contribution in [0.25, 0.3) is 11.0 Å². The minimum absolute atomic E-state index is 0.131. The Bertz CT molecular complexity index is 781. The highest BCUT2D eigenvalue weighted by Gasteiger charge is 2.15. The molecular weight excluding hydrogens is 310 g/mol. The molecule has 0 saturated heterocycles. The van der Waals surface area contributed by atoms with Gasteiger partial charge in [0.05, 0.1) is 20.3 Å². The van der Waals surface area contributed by atoms with Crippen LogP contribution in [0.15, 0.2) is 27.4 Å². The zero-order chi connectivity index (χ0) is 17.7. The molecule has 1 aromatic heterocycles. The fourth-order valence-electron chi connectivity index (χ4n) is 2.54. The highest BCUT2D eigenvalue weighted by atomic mass is 16.5. The van der Waals surface area contributed by atoms with Crippen molar-refractivity contribution < 1.29 is 18.7 Å². The third-order valence-corrected chi connectivity index (χ3v) is 4.03. The lowest BCUT2D eigenvalue weighted by Gasteiger charge is -2.21. The molecule has 0 amide bonds. The summed E-state index contributed by atoms with van der Waals surface area (Å²) in [6.07, 6.45) is 0. The van der Waals surface area contributed by atoms with Crippen LogP contribution >= 0.6 is 0 Å². The van der Waals surface area contributed by atoms with Gasteiger partial charge in [-0.15, -0.1) is 0 Å². The van der Waals surface area contributed by atoms with Gasteiger partial charge in [0.1, 0.15) is 5.58 Å². The SMILES string of the molecule is COCCN(CC(=O)OC)Cc1cc(=O)oc2cc(C)c(C)cc12. The van der Waals surface area contributed by atoms with Crippen molar-refractivity contribution in [3.05, 3.63) is 45.3 Å². The van der Waals surface area contributed by atoms with E-state index < -0.39 is 5.63 Å². The fourth-order valence-corrected chi connectivity index (χ4v) is 2.54. The Hall–Kier alpha value is -2.18. The van der Waals surface area contributed by atoms with Gasteiger partial charge in [-0.1, -0.05) is 0 Å². The van der Waals surface area contributed by atoms with Crippen molar-refractivity contribution in [2.75, 3.05) is 33.9 Å². The minimum atomic E-state index is -0.398. The number of hydrogen-bond acceptors (Lipinski definition) is 6. The molecule has 0 atom stereocenters. The van der Waals surface area contributed by atoms with Crippen molar-refractivity contribution >= 4 is 16.9 Å². The number of carbonyl (C=O) groups excluding carboxylic acids is 1. The van der Waals surface area contributed by atoms with Crippen LogP contribution in [0.5, 0.6) is 0 Å². The number of benzene rings is 1. The van der Waals surface area contributed by atoms with Crippen LogP contribution in [0.4, 0.5) is 0 Å². The first kappa shape index (κ1) is 18.2. The number of methoxy groups -OCH3 is 2.